The molecule has 0 saturated heterocycles. The van der Waals surface area contributed by atoms with Crippen LogP contribution in [0.3, 0.4) is 0 Å². The highest BCUT2D eigenvalue weighted by atomic mass is 32.2. The second-order valence-corrected chi connectivity index (χ2v) is 7.93. The molecule has 1 aliphatic heterocycles. The smallest absolute Gasteiger partial charge is 0.339 e. The van der Waals surface area contributed by atoms with Gasteiger partial charge in [-0.2, -0.15) is 0 Å². The summed E-state index contributed by atoms with van der Waals surface area (Å²) >= 11 is 0. The minimum atomic E-state index is -3.36. The third kappa shape index (κ3) is 3.55. The molecule has 7 nitrogen and oxygen atoms in total. The van der Waals surface area contributed by atoms with Crippen LogP contribution in [0.4, 0.5) is 5.69 Å². The van der Waals surface area contributed by atoms with Crippen LogP contribution in [0.25, 0.3) is 0 Å². The zero-order valence-electron chi connectivity index (χ0n) is 14.1. The molecule has 0 aliphatic carbocycles. The number of sulfonamides is 1. The summed E-state index contributed by atoms with van der Waals surface area (Å²) in [5.74, 6) is -1.47. The van der Waals surface area contributed by atoms with Crippen molar-refractivity contribution in [2.24, 2.45) is 5.73 Å². The molecule has 2 aromatic carbocycles. The molecule has 2 aromatic rings. The number of fused-ring (bicyclic) bond motifs is 1. The average Bonchev–Trinajstić information content (AvgIpc) is 3.03. The largest absolute Gasteiger partial charge is 0.444 e. The molecule has 8 heteroatoms. The van der Waals surface area contributed by atoms with Crippen molar-refractivity contribution in [3.05, 3.63) is 65.2 Å². The van der Waals surface area contributed by atoms with Crippen LogP contribution in [0.15, 0.2) is 48.5 Å². The number of primary amides is 1. The fraction of sp³-hybridized carbons (Fsp3) is 0.222. The second kappa shape index (κ2) is 6.80. The second-order valence-electron chi connectivity index (χ2n) is 6.03. The van der Waals surface area contributed by atoms with Crippen LogP contribution in [0.1, 0.15) is 27.6 Å². The summed E-state index contributed by atoms with van der Waals surface area (Å²) in [4.78, 5) is 24.1. The Balaban J connectivity index is 1.84. The molecule has 0 spiro atoms. The van der Waals surface area contributed by atoms with Gasteiger partial charge in [-0.1, -0.05) is 30.3 Å². The van der Waals surface area contributed by atoms with Crippen LogP contribution >= 0.6 is 0 Å². The number of nitrogens with two attached hydrogens (primary N) is 1. The Morgan fingerprint density at radius 2 is 1.85 bits per heavy atom. The van der Waals surface area contributed by atoms with Crippen LogP contribution in [0.2, 0.25) is 0 Å². The molecule has 0 bridgehead atoms. The Morgan fingerprint density at radius 1 is 1.15 bits per heavy atom. The first-order chi connectivity index (χ1) is 12.3. The maximum absolute atomic E-state index is 12.4. The summed E-state index contributed by atoms with van der Waals surface area (Å²) in [6, 6.07) is 13.1. The summed E-state index contributed by atoms with van der Waals surface area (Å²) in [5.41, 5.74) is 7.37. The molecule has 0 fully saturated rings. The number of benzene rings is 2. The van der Waals surface area contributed by atoms with Gasteiger partial charge in [-0.3, -0.25) is 9.10 Å². The molecule has 0 aromatic heterocycles. The van der Waals surface area contributed by atoms with Crippen molar-refractivity contribution in [2.75, 3.05) is 17.1 Å². The fourth-order valence-corrected chi connectivity index (χ4v) is 3.89. The van der Waals surface area contributed by atoms with Crippen molar-refractivity contribution in [3.8, 4) is 0 Å². The third-order valence-corrected chi connectivity index (χ3v) is 5.33. The zero-order chi connectivity index (χ0) is 18.9. The zero-order valence-corrected chi connectivity index (χ0v) is 14.9. The molecule has 136 valence electrons. The van der Waals surface area contributed by atoms with Crippen molar-refractivity contribution < 1.29 is 22.7 Å². The highest BCUT2D eigenvalue weighted by molar-refractivity contribution is 7.92. The lowest BCUT2D eigenvalue weighted by molar-refractivity contribution is -0.127. The monoisotopic (exact) mass is 374 g/mol. The van der Waals surface area contributed by atoms with Crippen molar-refractivity contribution in [1.82, 2.24) is 0 Å². The standard InChI is InChI=1S/C18H18N2O5S/c1-26(23,24)20-10-9-13-11-14(7-8-15(13)20)18(22)25-16(17(19)21)12-5-3-2-4-6-12/h2-8,11,16H,9-10H2,1H3,(H2,19,21). The third-order valence-electron chi connectivity index (χ3n) is 4.15. The molecule has 1 heterocycles. The molecule has 0 radical (unpaired) electrons. The molecule has 2 N–H and O–H groups in total. The van der Waals surface area contributed by atoms with E-state index < -0.39 is 28.0 Å². The van der Waals surface area contributed by atoms with E-state index in [0.29, 0.717) is 24.2 Å². The Morgan fingerprint density at radius 3 is 2.46 bits per heavy atom. The van der Waals surface area contributed by atoms with Crippen LogP contribution in [0.5, 0.6) is 0 Å². The fourth-order valence-electron chi connectivity index (χ4n) is 2.94. The Bertz CT molecular complexity index is 957. The van der Waals surface area contributed by atoms with E-state index >= 15 is 0 Å². The van der Waals surface area contributed by atoms with Gasteiger partial charge in [-0.25, -0.2) is 13.2 Å². The van der Waals surface area contributed by atoms with E-state index in [1.807, 2.05) is 0 Å². The van der Waals surface area contributed by atoms with Gasteiger partial charge >= 0.3 is 5.97 Å². The summed E-state index contributed by atoms with van der Waals surface area (Å²) in [6.07, 6.45) is 0.452. The van der Waals surface area contributed by atoms with Gasteiger partial charge in [0.25, 0.3) is 5.91 Å². The van der Waals surface area contributed by atoms with E-state index in [0.717, 1.165) is 11.8 Å². The molecule has 0 saturated carbocycles. The van der Waals surface area contributed by atoms with E-state index in [4.69, 9.17) is 10.5 Å². The molecular formula is C18H18N2O5S. The number of nitrogens with zero attached hydrogens (tertiary/aromatic N) is 1. The van der Waals surface area contributed by atoms with Crippen LogP contribution < -0.4 is 10.0 Å². The SMILES string of the molecule is CS(=O)(=O)N1CCc2cc(C(=O)OC(C(N)=O)c3ccccc3)ccc21. The molecule has 26 heavy (non-hydrogen) atoms. The summed E-state index contributed by atoms with van der Waals surface area (Å²) in [5, 5.41) is 0. The summed E-state index contributed by atoms with van der Waals surface area (Å²) in [7, 11) is -3.36. The molecular weight excluding hydrogens is 356 g/mol. The molecule has 1 unspecified atom stereocenters. The Kier molecular flexibility index (Phi) is 4.69. The number of carbonyl (C=O) groups excluding carboxylic acids is 2. The molecule has 1 aliphatic rings. The van der Waals surface area contributed by atoms with E-state index in [9.17, 15) is 18.0 Å². The minimum Gasteiger partial charge on any atom is -0.444 e. The van der Waals surface area contributed by atoms with Gasteiger partial charge in [0.2, 0.25) is 16.1 Å². The quantitative estimate of drug-likeness (QED) is 0.796. The van der Waals surface area contributed by atoms with Gasteiger partial charge in [0.15, 0.2) is 0 Å². The Labute approximate surface area is 151 Å². The number of ether oxygens (including phenoxy) is 1. The lowest BCUT2D eigenvalue weighted by atomic mass is 10.1. The Hall–Kier alpha value is -2.87. The predicted octanol–water partition coefficient (Wildman–Crippen LogP) is 1.39. The first kappa shape index (κ1) is 17.9. The lowest BCUT2D eigenvalue weighted by Gasteiger charge is -2.17. The number of hydrogen-bond acceptors (Lipinski definition) is 5. The normalized spacial score (nSPS) is 14.6. The van der Waals surface area contributed by atoms with Crippen molar-refractivity contribution in [2.45, 2.75) is 12.5 Å². The first-order valence-electron chi connectivity index (χ1n) is 7.93. The van der Waals surface area contributed by atoms with Crippen molar-refractivity contribution >= 4 is 27.6 Å². The minimum absolute atomic E-state index is 0.237. The van der Waals surface area contributed by atoms with E-state index in [1.54, 1.807) is 42.5 Å². The number of rotatable bonds is 5. The van der Waals surface area contributed by atoms with Crippen LogP contribution in [-0.4, -0.2) is 33.1 Å². The van der Waals surface area contributed by atoms with Gasteiger partial charge in [-0.15, -0.1) is 0 Å². The van der Waals surface area contributed by atoms with Crippen molar-refractivity contribution in [1.29, 1.82) is 0 Å². The maximum atomic E-state index is 12.4. The van der Waals surface area contributed by atoms with Gasteiger partial charge < -0.3 is 10.5 Å². The number of esters is 1. The lowest BCUT2D eigenvalue weighted by Crippen LogP contribution is -2.27. The molecule has 1 atom stereocenters. The predicted molar refractivity (Wildman–Crippen MR) is 96.1 cm³/mol. The number of anilines is 1. The average molecular weight is 374 g/mol. The molecule has 1 amide bonds. The highest BCUT2D eigenvalue weighted by Crippen LogP contribution is 2.31. The van der Waals surface area contributed by atoms with Crippen LogP contribution in [0, 0.1) is 0 Å². The number of amides is 1. The van der Waals surface area contributed by atoms with Crippen LogP contribution in [-0.2, 0) is 26.0 Å². The topological polar surface area (TPSA) is 107 Å². The number of carbonyl (C=O) groups is 2. The summed E-state index contributed by atoms with van der Waals surface area (Å²) < 4.78 is 30.1. The van der Waals surface area contributed by atoms with E-state index in [1.165, 1.54) is 10.4 Å². The van der Waals surface area contributed by atoms with Gasteiger partial charge in [-0.05, 0) is 30.2 Å². The molecule has 3 rings (SSSR count). The van der Waals surface area contributed by atoms with Gasteiger partial charge in [0.05, 0.1) is 17.5 Å². The highest BCUT2D eigenvalue weighted by Gasteiger charge is 2.28. The number of hydrogen-bond donors (Lipinski definition) is 1. The van der Waals surface area contributed by atoms with Gasteiger partial charge in [0, 0.05) is 12.1 Å². The first-order valence-corrected chi connectivity index (χ1v) is 9.78. The maximum Gasteiger partial charge on any atom is 0.339 e. The van der Waals surface area contributed by atoms with E-state index in [-0.39, 0.29) is 5.56 Å². The van der Waals surface area contributed by atoms with E-state index in [2.05, 4.69) is 0 Å². The van der Waals surface area contributed by atoms with Crippen molar-refractivity contribution in [3.63, 3.8) is 0 Å². The van der Waals surface area contributed by atoms with Gasteiger partial charge in [0.1, 0.15) is 0 Å². The summed E-state index contributed by atoms with van der Waals surface area (Å²) in [6.45, 7) is 0.334.